The third-order valence-corrected chi connectivity index (χ3v) is 3.48. The lowest BCUT2D eigenvalue weighted by Crippen LogP contribution is -2.34. The number of hydroxylamine groups is 1. The van der Waals surface area contributed by atoms with E-state index < -0.39 is 0 Å². The molecule has 3 aromatic rings. The zero-order valence-electron chi connectivity index (χ0n) is 12.0. The number of fused-ring (bicyclic) bond motifs is 2. The molecule has 20 heavy (non-hydrogen) atoms. The van der Waals surface area contributed by atoms with Gasteiger partial charge in [-0.2, -0.15) is 4.57 Å². The van der Waals surface area contributed by atoms with Crippen LogP contribution in [0.25, 0.3) is 22.1 Å². The number of furan rings is 1. The molecule has 0 saturated heterocycles. The van der Waals surface area contributed by atoms with E-state index in [2.05, 4.69) is 23.0 Å². The van der Waals surface area contributed by atoms with Gasteiger partial charge in [-0.15, -0.1) is 0 Å². The number of hydrogen-bond acceptors (Lipinski definition) is 4. The summed E-state index contributed by atoms with van der Waals surface area (Å²) in [6.45, 7) is 5.57. The minimum absolute atomic E-state index is 0.472. The van der Waals surface area contributed by atoms with Gasteiger partial charge in [0.25, 0.3) is 5.52 Å². The maximum absolute atomic E-state index is 5.81. The number of rotatable bonds is 5. The summed E-state index contributed by atoms with van der Waals surface area (Å²) in [7, 11) is 1.75. The highest BCUT2D eigenvalue weighted by Gasteiger charge is 2.20. The van der Waals surface area contributed by atoms with Gasteiger partial charge in [0.15, 0.2) is 6.54 Å². The second-order valence-corrected chi connectivity index (χ2v) is 4.84. The van der Waals surface area contributed by atoms with Gasteiger partial charge >= 0.3 is 5.89 Å². The van der Waals surface area contributed by atoms with E-state index in [-0.39, 0.29) is 0 Å². The first kappa shape index (κ1) is 13.1. The van der Waals surface area contributed by atoms with Crippen molar-refractivity contribution in [1.29, 1.82) is 0 Å². The van der Waals surface area contributed by atoms with Gasteiger partial charge in [0.05, 0.1) is 19.8 Å². The lowest BCUT2D eigenvalue weighted by atomic mass is 10.1. The predicted molar refractivity (Wildman–Crippen MR) is 75.1 cm³/mol. The highest BCUT2D eigenvalue weighted by Crippen LogP contribution is 2.27. The van der Waals surface area contributed by atoms with Crippen LogP contribution in [0.2, 0.25) is 0 Å². The molecule has 0 unspecified atom stereocenters. The number of hydrogen-bond donors (Lipinski definition) is 1. The number of aryl methyl sites for hydroxylation is 2. The third kappa shape index (κ3) is 2.09. The van der Waals surface area contributed by atoms with Gasteiger partial charge in [-0.1, -0.05) is 6.92 Å². The van der Waals surface area contributed by atoms with E-state index in [1.807, 2.05) is 13.0 Å². The van der Waals surface area contributed by atoms with E-state index in [0.717, 1.165) is 46.5 Å². The molecule has 0 bridgehead atoms. The Hall–Kier alpha value is -1.85. The van der Waals surface area contributed by atoms with Crippen LogP contribution in [0.4, 0.5) is 0 Å². The molecule has 0 radical (unpaired) electrons. The molecule has 0 saturated carbocycles. The van der Waals surface area contributed by atoms with Crippen molar-refractivity contribution in [2.45, 2.75) is 33.4 Å². The molecule has 0 aliphatic carbocycles. The zero-order valence-corrected chi connectivity index (χ0v) is 12.0. The lowest BCUT2D eigenvalue weighted by Gasteiger charge is -1.98. The summed E-state index contributed by atoms with van der Waals surface area (Å²) in [5.41, 5.74) is 6.49. The fourth-order valence-corrected chi connectivity index (χ4v) is 2.54. The van der Waals surface area contributed by atoms with Gasteiger partial charge in [0.2, 0.25) is 5.58 Å². The molecule has 0 aliphatic heterocycles. The number of aromatic nitrogens is 1. The van der Waals surface area contributed by atoms with Crippen LogP contribution < -0.4 is 10.0 Å². The SMILES string of the molecule is CCC[n+]1c(C)oc2cc3occ(CONC)c3cc21. The van der Waals surface area contributed by atoms with Gasteiger partial charge in [-0.05, 0) is 0 Å². The third-order valence-electron chi connectivity index (χ3n) is 3.48. The Morgan fingerprint density at radius 2 is 2.15 bits per heavy atom. The molecule has 0 spiro atoms. The van der Waals surface area contributed by atoms with Gasteiger partial charge in [-0.25, -0.2) is 5.48 Å². The van der Waals surface area contributed by atoms with Crippen molar-refractivity contribution in [3.63, 3.8) is 0 Å². The minimum atomic E-state index is 0.472. The molecule has 0 aliphatic rings. The van der Waals surface area contributed by atoms with Gasteiger partial charge < -0.3 is 8.83 Å². The fraction of sp³-hybridized carbons (Fsp3) is 0.400. The first-order valence-corrected chi connectivity index (χ1v) is 6.86. The molecule has 1 N–H and O–H groups in total. The highest BCUT2D eigenvalue weighted by atomic mass is 16.6. The van der Waals surface area contributed by atoms with Crippen LogP contribution >= 0.6 is 0 Å². The van der Waals surface area contributed by atoms with Crippen molar-refractivity contribution in [3.05, 3.63) is 29.9 Å². The standard InChI is InChI=1S/C15H19N2O3/c1-4-5-17-10(2)20-15-7-14-12(6-13(15)17)11(8-18-14)9-19-16-3/h6-8,16H,4-5,9H2,1-3H3/q+1. The molecule has 3 rings (SSSR count). The summed E-state index contributed by atoms with van der Waals surface area (Å²) in [5.74, 6) is 0.919. The fourth-order valence-electron chi connectivity index (χ4n) is 2.54. The average Bonchev–Trinajstić information content (AvgIpc) is 2.96. The Kier molecular flexibility index (Phi) is 3.46. The van der Waals surface area contributed by atoms with Crippen LogP contribution in [0.1, 0.15) is 24.8 Å². The molecule has 106 valence electrons. The molecule has 5 heteroatoms. The van der Waals surface area contributed by atoms with E-state index in [0.29, 0.717) is 6.61 Å². The Morgan fingerprint density at radius 3 is 2.90 bits per heavy atom. The lowest BCUT2D eigenvalue weighted by molar-refractivity contribution is -0.682. The molecule has 0 atom stereocenters. The largest absolute Gasteiger partial charge is 0.464 e. The Morgan fingerprint density at radius 1 is 1.30 bits per heavy atom. The van der Waals surface area contributed by atoms with E-state index in [1.165, 1.54) is 0 Å². The predicted octanol–water partition coefficient (Wildman–Crippen LogP) is 2.84. The molecule has 0 amide bonds. The number of benzene rings is 1. The van der Waals surface area contributed by atoms with Gasteiger partial charge in [0, 0.05) is 36.6 Å². The quantitative estimate of drug-likeness (QED) is 0.574. The molecule has 5 nitrogen and oxygen atoms in total. The summed E-state index contributed by atoms with van der Waals surface area (Å²) in [6, 6.07) is 4.07. The second kappa shape index (κ2) is 5.26. The number of oxazole rings is 1. The van der Waals surface area contributed by atoms with Crippen molar-refractivity contribution in [2.75, 3.05) is 7.05 Å². The van der Waals surface area contributed by atoms with Crippen LogP contribution in [-0.2, 0) is 18.0 Å². The molecule has 2 aromatic heterocycles. The summed E-state index contributed by atoms with van der Waals surface area (Å²) in [5, 5.41) is 1.07. The van der Waals surface area contributed by atoms with Crippen LogP contribution in [0.5, 0.6) is 0 Å². The average molecular weight is 275 g/mol. The van der Waals surface area contributed by atoms with E-state index in [1.54, 1.807) is 13.3 Å². The summed E-state index contributed by atoms with van der Waals surface area (Å²) >= 11 is 0. The highest BCUT2D eigenvalue weighted by molar-refractivity contribution is 5.91. The molecular formula is C15H19N2O3+. The summed E-state index contributed by atoms with van der Waals surface area (Å²) < 4.78 is 13.6. The van der Waals surface area contributed by atoms with Crippen molar-refractivity contribution in [2.24, 2.45) is 0 Å². The van der Waals surface area contributed by atoms with Gasteiger partial charge in [-0.3, -0.25) is 4.84 Å². The molecule has 1 aromatic carbocycles. The maximum Gasteiger partial charge on any atom is 0.344 e. The van der Waals surface area contributed by atoms with Crippen LogP contribution in [0.15, 0.2) is 27.2 Å². The maximum atomic E-state index is 5.81. The Labute approximate surface area is 117 Å². The van der Waals surface area contributed by atoms with Gasteiger partial charge in [0.1, 0.15) is 5.58 Å². The monoisotopic (exact) mass is 275 g/mol. The van der Waals surface area contributed by atoms with Crippen molar-refractivity contribution >= 4 is 22.1 Å². The first-order valence-electron chi connectivity index (χ1n) is 6.86. The molecule has 0 fully saturated rings. The second-order valence-electron chi connectivity index (χ2n) is 4.84. The van der Waals surface area contributed by atoms with Crippen molar-refractivity contribution in [3.8, 4) is 0 Å². The molecular weight excluding hydrogens is 256 g/mol. The first-order chi connectivity index (χ1) is 9.74. The Bertz CT molecular complexity index is 742. The van der Waals surface area contributed by atoms with Crippen molar-refractivity contribution in [1.82, 2.24) is 5.48 Å². The van der Waals surface area contributed by atoms with Crippen LogP contribution in [0.3, 0.4) is 0 Å². The Balaban J connectivity index is 2.16. The minimum Gasteiger partial charge on any atom is -0.464 e. The van der Waals surface area contributed by atoms with E-state index >= 15 is 0 Å². The van der Waals surface area contributed by atoms with E-state index in [9.17, 15) is 0 Å². The topological polar surface area (TPSA) is 51.4 Å². The smallest absolute Gasteiger partial charge is 0.344 e. The van der Waals surface area contributed by atoms with E-state index in [4.69, 9.17) is 13.7 Å². The normalized spacial score (nSPS) is 11.8. The molecule has 2 heterocycles. The zero-order chi connectivity index (χ0) is 14.1. The van der Waals surface area contributed by atoms with Crippen LogP contribution in [-0.4, -0.2) is 7.05 Å². The van der Waals surface area contributed by atoms with Crippen LogP contribution in [0, 0.1) is 6.92 Å². The summed E-state index contributed by atoms with van der Waals surface area (Å²) in [4.78, 5) is 5.24. The van der Waals surface area contributed by atoms with Crippen molar-refractivity contribution < 1.29 is 18.2 Å². The summed E-state index contributed by atoms with van der Waals surface area (Å²) in [6.07, 6.45) is 2.80. The number of nitrogens with one attached hydrogen (secondary N) is 1. The number of nitrogens with zero attached hydrogens (tertiary/aromatic N) is 1.